The number of piperidine rings is 1. The van der Waals surface area contributed by atoms with Crippen molar-refractivity contribution in [2.24, 2.45) is 5.92 Å². The van der Waals surface area contributed by atoms with Gasteiger partial charge in [-0.1, -0.05) is 44.2 Å². The minimum Gasteiger partial charge on any atom is -0.342 e. The van der Waals surface area contributed by atoms with Crippen LogP contribution in [0.3, 0.4) is 0 Å². The third-order valence-corrected chi connectivity index (χ3v) is 4.11. The fourth-order valence-corrected chi connectivity index (χ4v) is 2.64. The second-order valence-corrected chi connectivity index (χ2v) is 5.32. The number of carbonyl (C=O) groups excluding carboxylic acids is 1. The van der Waals surface area contributed by atoms with E-state index in [2.05, 4.69) is 37.3 Å². The molecule has 1 aliphatic rings. The Morgan fingerprint density at radius 2 is 1.89 bits per heavy atom. The maximum absolute atomic E-state index is 12.1. The third kappa shape index (κ3) is 2.92. The van der Waals surface area contributed by atoms with E-state index in [0.717, 1.165) is 32.4 Å². The van der Waals surface area contributed by atoms with Crippen molar-refractivity contribution in [3.8, 4) is 0 Å². The van der Waals surface area contributed by atoms with Crippen molar-refractivity contribution in [3.63, 3.8) is 0 Å². The fraction of sp³-hybridized carbons (Fsp3) is 0.562. The first-order valence-electron chi connectivity index (χ1n) is 7.06. The van der Waals surface area contributed by atoms with E-state index in [1.54, 1.807) is 0 Å². The zero-order chi connectivity index (χ0) is 13.0. The number of likely N-dealkylation sites (tertiary alicyclic amines) is 1. The standard InChI is InChI=1S/C16H23NO/c1-3-13(2)16(18)17-11-9-15(10-12-17)14-7-5-4-6-8-14/h4-8,13,15H,3,9-12H2,1-2H3. The summed E-state index contributed by atoms with van der Waals surface area (Å²) in [5.74, 6) is 1.15. The lowest BCUT2D eigenvalue weighted by molar-refractivity contribution is -0.136. The van der Waals surface area contributed by atoms with Gasteiger partial charge in [-0.3, -0.25) is 4.79 Å². The van der Waals surface area contributed by atoms with Crippen LogP contribution in [0.2, 0.25) is 0 Å². The zero-order valence-electron chi connectivity index (χ0n) is 11.4. The Balaban J connectivity index is 1.90. The molecule has 1 aliphatic heterocycles. The van der Waals surface area contributed by atoms with Crippen molar-refractivity contribution in [1.29, 1.82) is 0 Å². The molecule has 0 radical (unpaired) electrons. The number of hydrogen-bond donors (Lipinski definition) is 0. The molecule has 1 unspecified atom stereocenters. The van der Waals surface area contributed by atoms with Crippen molar-refractivity contribution in [1.82, 2.24) is 4.90 Å². The summed E-state index contributed by atoms with van der Waals surface area (Å²) in [4.78, 5) is 14.1. The van der Waals surface area contributed by atoms with Crippen molar-refractivity contribution in [2.45, 2.75) is 39.0 Å². The molecule has 1 aromatic carbocycles. The normalized spacial score (nSPS) is 18.7. The van der Waals surface area contributed by atoms with E-state index in [-0.39, 0.29) is 5.92 Å². The zero-order valence-corrected chi connectivity index (χ0v) is 11.4. The van der Waals surface area contributed by atoms with E-state index >= 15 is 0 Å². The molecule has 98 valence electrons. The van der Waals surface area contributed by atoms with Gasteiger partial charge in [-0.05, 0) is 30.7 Å². The lowest BCUT2D eigenvalue weighted by Gasteiger charge is -2.33. The number of carbonyl (C=O) groups is 1. The highest BCUT2D eigenvalue weighted by atomic mass is 16.2. The lowest BCUT2D eigenvalue weighted by atomic mass is 9.89. The monoisotopic (exact) mass is 245 g/mol. The summed E-state index contributed by atoms with van der Waals surface area (Å²) in [6.07, 6.45) is 3.15. The molecule has 0 aromatic heterocycles. The summed E-state index contributed by atoms with van der Waals surface area (Å²) in [5.41, 5.74) is 1.42. The van der Waals surface area contributed by atoms with Gasteiger partial charge in [-0.2, -0.15) is 0 Å². The van der Waals surface area contributed by atoms with E-state index in [1.165, 1.54) is 5.56 Å². The van der Waals surface area contributed by atoms with Gasteiger partial charge in [0.25, 0.3) is 0 Å². The molecular formula is C16H23NO. The Morgan fingerprint density at radius 1 is 1.28 bits per heavy atom. The van der Waals surface area contributed by atoms with Crippen molar-refractivity contribution < 1.29 is 4.79 Å². The second-order valence-electron chi connectivity index (χ2n) is 5.32. The second kappa shape index (κ2) is 6.03. The van der Waals surface area contributed by atoms with Crippen LogP contribution in [0.1, 0.15) is 44.6 Å². The SMILES string of the molecule is CCC(C)C(=O)N1CCC(c2ccccc2)CC1. The first kappa shape index (κ1) is 13.1. The highest BCUT2D eigenvalue weighted by Crippen LogP contribution is 2.28. The summed E-state index contributed by atoms with van der Waals surface area (Å²) < 4.78 is 0. The number of benzene rings is 1. The Hall–Kier alpha value is -1.31. The lowest BCUT2D eigenvalue weighted by Crippen LogP contribution is -2.40. The minimum atomic E-state index is 0.179. The number of amides is 1. The van der Waals surface area contributed by atoms with Gasteiger partial charge in [0.1, 0.15) is 0 Å². The molecule has 0 spiro atoms. The topological polar surface area (TPSA) is 20.3 Å². The van der Waals surface area contributed by atoms with Crippen molar-refractivity contribution >= 4 is 5.91 Å². The molecule has 1 aromatic rings. The van der Waals surface area contributed by atoms with Crippen LogP contribution in [-0.4, -0.2) is 23.9 Å². The van der Waals surface area contributed by atoms with Gasteiger partial charge in [0.15, 0.2) is 0 Å². The highest BCUT2D eigenvalue weighted by molar-refractivity contribution is 5.78. The summed E-state index contributed by atoms with van der Waals surface area (Å²) in [5, 5.41) is 0. The highest BCUT2D eigenvalue weighted by Gasteiger charge is 2.25. The van der Waals surface area contributed by atoms with Crippen LogP contribution < -0.4 is 0 Å². The molecule has 0 bridgehead atoms. The van der Waals surface area contributed by atoms with Gasteiger partial charge in [0, 0.05) is 19.0 Å². The van der Waals surface area contributed by atoms with Gasteiger partial charge in [-0.25, -0.2) is 0 Å². The summed E-state index contributed by atoms with van der Waals surface area (Å²) in [6.45, 7) is 5.95. The largest absolute Gasteiger partial charge is 0.342 e. The van der Waals surface area contributed by atoms with Crippen LogP contribution in [0.15, 0.2) is 30.3 Å². The van der Waals surface area contributed by atoms with Crippen LogP contribution in [0.25, 0.3) is 0 Å². The van der Waals surface area contributed by atoms with Crippen LogP contribution in [-0.2, 0) is 4.79 Å². The minimum absolute atomic E-state index is 0.179. The predicted octanol–water partition coefficient (Wildman–Crippen LogP) is 3.44. The summed E-state index contributed by atoms with van der Waals surface area (Å²) >= 11 is 0. The molecule has 1 fully saturated rings. The molecule has 0 aliphatic carbocycles. The summed E-state index contributed by atoms with van der Waals surface area (Å²) in [6, 6.07) is 10.7. The van der Waals surface area contributed by atoms with Crippen LogP contribution in [0.4, 0.5) is 0 Å². The Kier molecular flexibility index (Phi) is 4.40. The quantitative estimate of drug-likeness (QED) is 0.799. The van der Waals surface area contributed by atoms with Gasteiger partial charge in [-0.15, -0.1) is 0 Å². The molecule has 2 rings (SSSR count). The molecule has 0 saturated carbocycles. The van der Waals surface area contributed by atoms with Gasteiger partial charge >= 0.3 is 0 Å². The first-order valence-corrected chi connectivity index (χ1v) is 7.06. The average molecular weight is 245 g/mol. The third-order valence-electron chi connectivity index (χ3n) is 4.11. The van der Waals surface area contributed by atoms with Crippen molar-refractivity contribution in [3.05, 3.63) is 35.9 Å². The van der Waals surface area contributed by atoms with Gasteiger partial charge in [0.2, 0.25) is 5.91 Å². The predicted molar refractivity (Wildman–Crippen MR) is 74.5 cm³/mol. The Labute approximate surface area is 110 Å². The fourth-order valence-electron chi connectivity index (χ4n) is 2.64. The van der Waals surface area contributed by atoms with Crippen molar-refractivity contribution in [2.75, 3.05) is 13.1 Å². The van der Waals surface area contributed by atoms with E-state index in [1.807, 2.05) is 11.8 Å². The number of hydrogen-bond acceptors (Lipinski definition) is 1. The molecule has 1 amide bonds. The summed E-state index contributed by atoms with van der Waals surface area (Å²) in [7, 11) is 0. The molecule has 1 atom stereocenters. The maximum Gasteiger partial charge on any atom is 0.225 e. The first-order chi connectivity index (χ1) is 8.72. The van der Waals surface area contributed by atoms with Crippen LogP contribution >= 0.6 is 0 Å². The van der Waals surface area contributed by atoms with Crippen LogP contribution in [0, 0.1) is 5.92 Å². The van der Waals surface area contributed by atoms with Gasteiger partial charge in [0.05, 0.1) is 0 Å². The molecule has 1 saturated heterocycles. The molecular weight excluding hydrogens is 222 g/mol. The smallest absolute Gasteiger partial charge is 0.225 e. The van der Waals surface area contributed by atoms with Crippen LogP contribution in [0.5, 0.6) is 0 Å². The Bertz CT molecular complexity index is 379. The van der Waals surface area contributed by atoms with E-state index < -0.39 is 0 Å². The van der Waals surface area contributed by atoms with E-state index in [9.17, 15) is 4.79 Å². The molecule has 0 N–H and O–H groups in total. The maximum atomic E-state index is 12.1. The van der Waals surface area contributed by atoms with E-state index in [0.29, 0.717) is 11.8 Å². The number of rotatable bonds is 3. The average Bonchev–Trinajstić information content (AvgIpc) is 2.47. The molecule has 1 heterocycles. The molecule has 2 heteroatoms. The molecule has 18 heavy (non-hydrogen) atoms. The Morgan fingerprint density at radius 3 is 2.44 bits per heavy atom. The molecule has 2 nitrogen and oxygen atoms in total. The van der Waals surface area contributed by atoms with Gasteiger partial charge < -0.3 is 4.90 Å². The van der Waals surface area contributed by atoms with E-state index in [4.69, 9.17) is 0 Å². The number of nitrogens with zero attached hydrogens (tertiary/aromatic N) is 1.